The zero-order valence-electron chi connectivity index (χ0n) is 20.4. The smallest absolute Gasteiger partial charge is 0.289 e. The lowest BCUT2D eigenvalue weighted by atomic mass is 9.93. The molecular formula is C28H33ClN4O2. The number of amides is 1. The topological polar surface area (TPSA) is 54.5 Å². The van der Waals surface area contributed by atoms with E-state index in [0.29, 0.717) is 18.3 Å². The van der Waals surface area contributed by atoms with Crippen LogP contribution in [-0.4, -0.2) is 57.7 Å². The van der Waals surface area contributed by atoms with Crippen LogP contribution in [0.1, 0.15) is 65.1 Å². The van der Waals surface area contributed by atoms with E-state index in [-0.39, 0.29) is 5.91 Å². The van der Waals surface area contributed by atoms with E-state index in [4.69, 9.17) is 21.1 Å². The van der Waals surface area contributed by atoms with Crippen LogP contribution in [0, 0.1) is 6.92 Å². The molecule has 1 aromatic carbocycles. The zero-order chi connectivity index (χ0) is 23.9. The highest BCUT2D eigenvalue weighted by atomic mass is 35.5. The lowest BCUT2D eigenvalue weighted by Gasteiger charge is -2.40. The van der Waals surface area contributed by atoms with Crippen LogP contribution in [0.25, 0.3) is 11.3 Å². The minimum atomic E-state index is 0.0279. The molecule has 184 valence electrons. The summed E-state index contributed by atoms with van der Waals surface area (Å²) < 4.78 is 8.20. The predicted octanol–water partition coefficient (Wildman–Crippen LogP) is 5.34. The van der Waals surface area contributed by atoms with E-state index < -0.39 is 0 Å². The van der Waals surface area contributed by atoms with Crippen LogP contribution < -0.4 is 0 Å². The van der Waals surface area contributed by atoms with Gasteiger partial charge in [-0.15, -0.1) is 0 Å². The Kier molecular flexibility index (Phi) is 6.19. The van der Waals surface area contributed by atoms with E-state index in [9.17, 15) is 4.79 Å². The van der Waals surface area contributed by atoms with Gasteiger partial charge in [-0.05, 0) is 49.4 Å². The fourth-order valence-corrected chi connectivity index (χ4v) is 6.36. The maximum atomic E-state index is 13.5. The Bertz CT molecular complexity index is 1230. The Labute approximate surface area is 211 Å². The zero-order valence-corrected chi connectivity index (χ0v) is 21.2. The molecule has 35 heavy (non-hydrogen) atoms. The number of benzene rings is 1. The quantitative estimate of drug-likeness (QED) is 0.493. The van der Waals surface area contributed by atoms with Crippen LogP contribution in [0.4, 0.5) is 0 Å². The molecule has 1 amide bonds. The number of rotatable bonds is 4. The molecule has 0 spiro atoms. The molecule has 3 aliphatic rings. The fourth-order valence-electron chi connectivity index (χ4n) is 6.15. The summed E-state index contributed by atoms with van der Waals surface area (Å²) in [4.78, 5) is 18.1. The number of furan rings is 1. The van der Waals surface area contributed by atoms with E-state index in [1.54, 1.807) is 0 Å². The van der Waals surface area contributed by atoms with Gasteiger partial charge in [0.2, 0.25) is 0 Å². The molecule has 2 aromatic heterocycles. The van der Waals surface area contributed by atoms with Gasteiger partial charge in [-0.25, -0.2) is 0 Å². The van der Waals surface area contributed by atoms with Crippen molar-refractivity contribution in [1.82, 2.24) is 19.6 Å². The number of halogens is 1. The van der Waals surface area contributed by atoms with Crippen molar-refractivity contribution in [2.75, 3.05) is 26.2 Å². The molecule has 1 saturated heterocycles. The molecule has 0 atom stereocenters. The van der Waals surface area contributed by atoms with E-state index in [0.717, 1.165) is 72.2 Å². The van der Waals surface area contributed by atoms with Crippen LogP contribution in [0.15, 0.2) is 34.9 Å². The summed E-state index contributed by atoms with van der Waals surface area (Å²) in [6, 6.07) is 8.59. The molecule has 7 heteroatoms. The van der Waals surface area contributed by atoms with Crippen LogP contribution in [0.3, 0.4) is 0 Å². The van der Waals surface area contributed by atoms with Crippen LogP contribution in [0.5, 0.6) is 0 Å². The number of aromatic nitrogens is 2. The van der Waals surface area contributed by atoms with Crippen LogP contribution >= 0.6 is 11.6 Å². The van der Waals surface area contributed by atoms with Crippen molar-refractivity contribution >= 4 is 17.5 Å². The lowest BCUT2D eigenvalue weighted by Crippen LogP contribution is -2.52. The highest BCUT2D eigenvalue weighted by molar-refractivity contribution is 6.30. The van der Waals surface area contributed by atoms with E-state index in [2.05, 4.69) is 17.2 Å². The Hall–Kier alpha value is -2.57. The maximum Gasteiger partial charge on any atom is 0.289 e. The van der Waals surface area contributed by atoms with Gasteiger partial charge in [-0.2, -0.15) is 5.10 Å². The molecule has 6 rings (SSSR count). The first-order chi connectivity index (χ1) is 17.1. The Morgan fingerprint density at radius 3 is 2.69 bits per heavy atom. The average molecular weight is 493 g/mol. The van der Waals surface area contributed by atoms with E-state index >= 15 is 0 Å². The number of carbonyl (C=O) groups excluding carboxylic acids is 1. The van der Waals surface area contributed by atoms with Gasteiger partial charge in [-0.3, -0.25) is 14.4 Å². The second kappa shape index (κ2) is 9.47. The minimum Gasteiger partial charge on any atom is -0.455 e. The van der Waals surface area contributed by atoms with Crippen molar-refractivity contribution in [2.24, 2.45) is 0 Å². The third kappa shape index (κ3) is 4.43. The van der Waals surface area contributed by atoms with E-state index in [1.807, 2.05) is 34.7 Å². The van der Waals surface area contributed by atoms with Crippen molar-refractivity contribution in [2.45, 2.75) is 64.5 Å². The summed E-state index contributed by atoms with van der Waals surface area (Å²) in [5.41, 5.74) is 5.22. The lowest BCUT2D eigenvalue weighted by molar-refractivity contribution is 0.0495. The van der Waals surface area contributed by atoms with Gasteiger partial charge in [0.1, 0.15) is 5.76 Å². The number of piperazine rings is 1. The summed E-state index contributed by atoms with van der Waals surface area (Å²) in [5, 5.41) is 5.64. The largest absolute Gasteiger partial charge is 0.455 e. The molecule has 1 saturated carbocycles. The van der Waals surface area contributed by atoms with Crippen LogP contribution in [-0.2, 0) is 19.4 Å². The normalized spacial score (nSPS) is 19.0. The van der Waals surface area contributed by atoms with Gasteiger partial charge in [0, 0.05) is 61.0 Å². The first-order valence-corrected chi connectivity index (χ1v) is 13.4. The van der Waals surface area contributed by atoms with Gasteiger partial charge in [0.25, 0.3) is 5.91 Å². The molecule has 3 aromatic rings. The van der Waals surface area contributed by atoms with Crippen molar-refractivity contribution < 1.29 is 9.21 Å². The first-order valence-electron chi connectivity index (χ1n) is 13.0. The second-order valence-electron chi connectivity index (χ2n) is 10.3. The van der Waals surface area contributed by atoms with E-state index in [1.165, 1.54) is 37.7 Å². The molecule has 0 unspecified atom stereocenters. The molecule has 2 fully saturated rings. The molecule has 1 aliphatic heterocycles. The van der Waals surface area contributed by atoms with Gasteiger partial charge >= 0.3 is 0 Å². The molecule has 6 nitrogen and oxygen atoms in total. The van der Waals surface area contributed by atoms with Gasteiger partial charge in [0.05, 0.1) is 12.2 Å². The highest BCUT2D eigenvalue weighted by Gasteiger charge is 2.33. The van der Waals surface area contributed by atoms with Gasteiger partial charge in [-0.1, -0.05) is 43.0 Å². The van der Waals surface area contributed by atoms with Crippen molar-refractivity contribution in [3.05, 3.63) is 63.7 Å². The summed E-state index contributed by atoms with van der Waals surface area (Å²) in [6.45, 7) is 6.16. The number of hydrogen-bond acceptors (Lipinski definition) is 4. The van der Waals surface area contributed by atoms with Crippen molar-refractivity contribution in [3.8, 4) is 11.3 Å². The molecule has 2 aliphatic carbocycles. The second-order valence-corrected chi connectivity index (χ2v) is 10.7. The Morgan fingerprint density at radius 2 is 1.91 bits per heavy atom. The highest BCUT2D eigenvalue weighted by Crippen LogP contribution is 2.39. The number of carbonyl (C=O) groups is 1. The first kappa shape index (κ1) is 22.9. The molecule has 0 radical (unpaired) electrons. The number of fused-ring (bicyclic) bond motifs is 3. The van der Waals surface area contributed by atoms with Gasteiger partial charge < -0.3 is 9.32 Å². The fraction of sp³-hybridized carbons (Fsp3) is 0.500. The monoisotopic (exact) mass is 492 g/mol. The summed E-state index contributed by atoms with van der Waals surface area (Å²) >= 11 is 6.16. The predicted molar refractivity (Wildman–Crippen MR) is 137 cm³/mol. The molecule has 0 N–H and O–H groups in total. The summed E-state index contributed by atoms with van der Waals surface area (Å²) in [7, 11) is 0. The maximum absolute atomic E-state index is 13.5. The Balaban J connectivity index is 1.19. The number of aryl methyl sites for hydroxylation is 2. The third-order valence-electron chi connectivity index (χ3n) is 8.04. The third-order valence-corrected chi connectivity index (χ3v) is 8.27. The SMILES string of the molecule is Cc1c(C(=O)N2CCN(C3CCCCC3)CC2)oc2c1-c1nn(Cc3cccc(Cl)c3)cc1CC2. The molecule has 0 bridgehead atoms. The minimum absolute atomic E-state index is 0.0279. The number of nitrogens with zero attached hydrogens (tertiary/aromatic N) is 4. The summed E-state index contributed by atoms with van der Waals surface area (Å²) in [6.07, 6.45) is 10.5. The van der Waals surface area contributed by atoms with Crippen molar-refractivity contribution in [3.63, 3.8) is 0 Å². The Morgan fingerprint density at radius 1 is 1.11 bits per heavy atom. The average Bonchev–Trinajstić information content (AvgIpc) is 3.44. The molecular weight excluding hydrogens is 460 g/mol. The number of hydrogen-bond donors (Lipinski definition) is 0. The van der Waals surface area contributed by atoms with Crippen LogP contribution in [0.2, 0.25) is 5.02 Å². The summed E-state index contributed by atoms with van der Waals surface area (Å²) in [5.74, 6) is 1.42. The van der Waals surface area contributed by atoms with Crippen molar-refractivity contribution in [1.29, 1.82) is 0 Å². The standard InChI is InChI=1S/C28H33ClN4O2/c1-19-25-24(11-10-21-18-33(30-26(21)25)17-20-6-5-7-22(29)16-20)35-27(19)28(34)32-14-12-31(13-15-32)23-8-3-2-4-9-23/h5-7,16,18,23H,2-4,8-15,17H2,1H3. The van der Waals surface area contributed by atoms with Gasteiger partial charge in [0.15, 0.2) is 5.76 Å². The molecule has 3 heterocycles.